The molecule has 1 aromatic heterocycles. The topological polar surface area (TPSA) is 46.9 Å². The molecule has 1 aliphatic rings. The number of hydrogen-bond donors (Lipinski definition) is 1. The van der Waals surface area contributed by atoms with Crippen molar-refractivity contribution < 1.29 is 4.79 Å². The molecule has 0 spiro atoms. The van der Waals surface area contributed by atoms with Crippen LogP contribution in [-0.2, 0) is 11.8 Å². The first-order valence-corrected chi connectivity index (χ1v) is 8.15. The van der Waals surface area contributed by atoms with E-state index in [1.165, 1.54) is 0 Å². The fourth-order valence-electron chi connectivity index (χ4n) is 2.53. The Hall–Kier alpha value is -1.75. The Morgan fingerprint density at radius 3 is 2.90 bits per heavy atom. The monoisotopic (exact) mass is 301 g/mol. The number of imidazole rings is 1. The molecular weight excluding hydrogens is 282 g/mol. The van der Waals surface area contributed by atoms with Crippen molar-refractivity contribution in [2.75, 3.05) is 6.54 Å². The van der Waals surface area contributed by atoms with Gasteiger partial charge in [-0.1, -0.05) is 48.5 Å². The summed E-state index contributed by atoms with van der Waals surface area (Å²) in [5.41, 5.74) is 2.22. The predicted octanol–water partition coefficient (Wildman–Crippen LogP) is 2.85. The summed E-state index contributed by atoms with van der Waals surface area (Å²) in [6.07, 6.45) is 4.96. The van der Waals surface area contributed by atoms with Crippen molar-refractivity contribution in [1.29, 1.82) is 0 Å². The van der Waals surface area contributed by atoms with Gasteiger partial charge in [0.25, 0.3) is 0 Å². The molecule has 1 saturated heterocycles. The van der Waals surface area contributed by atoms with Crippen LogP contribution < -0.4 is 5.32 Å². The summed E-state index contributed by atoms with van der Waals surface area (Å²) in [5, 5.41) is 3.84. The Morgan fingerprint density at radius 2 is 2.10 bits per heavy atom. The lowest BCUT2D eigenvalue weighted by Crippen LogP contribution is -2.30. The third-order valence-electron chi connectivity index (χ3n) is 3.75. The minimum Gasteiger partial charge on any atom is -0.355 e. The highest BCUT2D eigenvalue weighted by atomic mass is 32.2. The van der Waals surface area contributed by atoms with E-state index in [4.69, 9.17) is 0 Å². The van der Waals surface area contributed by atoms with E-state index in [0.717, 1.165) is 42.2 Å². The van der Waals surface area contributed by atoms with Crippen molar-refractivity contribution in [1.82, 2.24) is 14.9 Å². The van der Waals surface area contributed by atoms with E-state index in [1.54, 1.807) is 11.8 Å². The molecule has 2 aromatic rings. The maximum atomic E-state index is 12.0. The fourth-order valence-corrected chi connectivity index (χ4v) is 3.63. The van der Waals surface area contributed by atoms with Crippen LogP contribution >= 0.6 is 11.8 Å². The van der Waals surface area contributed by atoms with Gasteiger partial charge in [-0.25, -0.2) is 4.98 Å². The van der Waals surface area contributed by atoms with Gasteiger partial charge >= 0.3 is 0 Å². The summed E-state index contributed by atoms with van der Waals surface area (Å²) in [7, 11) is 2.01. The van der Waals surface area contributed by atoms with E-state index < -0.39 is 0 Å². The third kappa shape index (κ3) is 3.13. The number of aromatic nitrogens is 2. The number of carbonyl (C=O) groups excluding carboxylic acids is 1. The van der Waals surface area contributed by atoms with E-state index in [2.05, 4.69) is 27.0 Å². The SMILES string of the molecule is Cn1c(-c2ccccc2)cnc1S[C@@H]1CCCCNC1=O. The van der Waals surface area contributed by atoms with Gasteiger partial charge in [-0.05, 0) is 18.4 Å². The van der Waals surface area contributed by atoms with Gasteiger partial charge in [0.2, 0.25) is 5.91 Å². The zero-order chi connectivity index (χ0) is 14.7. The van der Waals surface area contributed by atoms with Gasteiger partial charge in [0.1, 0.15) is 0 Å². The Labute approximate surface area is 129 Å². The van der Waals surface area contributed by atoms with E-state index in [1.807, 2.05) is 31.4 Å². The molecule has 21 heavy (non-hydrogen) atoms. The normalized spacial score (nSPS) is 19.1. The number of nitrogens with one attached hydrogen (secondary N) is 1. The number of hydrogen-bond acceptors (Lipinski definition) is 3. The van der Waals surface area contributed by atoms with Crippen LogP contribution in [0.15, 0.2) is 41.7 Å². The van der Waals surface area contributed by atoms with Crippen LogP contribution in [0.3, 0.4) is 0 Å². The van der Waals surface area contributed by atoms with Gasteiger partial charge in [0, 0.05) is 13.6 Å². The number of nitrogens with zero attached hydrogens (tertiary/aromatic N) is 2. The van der Waals surface area contributed by atoms with Crippen molar-refractivity contribution in [3.63, 3.8) is 0 Å². The number of benzene rings is 1. The van der Waals surface area contributed by atoms with Gasteiger partial charge in [-0.15, -0.1) is 0 Å². The van der Waals surface area contributed by atoms with Crippen LogP contribution in [0, 0.1) is 0 Å². The minimum absolute atomic E-state index is 0.0303. The van der Waals surface area contributed by atoms with E-state index >= 15 is 0 Å². The second-order valence-corrected chi connectivity index (χ2v) is 6.41. The second-order valence-electron chi connectivity index (χ2n) is 5.24. The second kappa shape index (κ2) is 6.35. The molecule has 0 radical (unpaired) electrons. The first-order chi connectivity index (χ1) is 10.3. The van der Waals surface area contributed by atoms with Gasteiger partial charge in [-0.2, -0.15) is 0 Å². The van der Waals surface area contributed by atoms with Crippen molar-refractivity contribution in [2.45, 2.75) is 29.7 Å². The van der Waals surface area contributed by atoms with Crippen LogP contribution in [0.25, 0.3) is 11.3 Å². The smallest absolute Gasteiger partial charge is 0.233 e. The highest BCUT2D eigenvalue weighted by molar-refractivity contribution is 8.00. The van der Waals surface area contributed by atoms with Gasteiger partial charge in [-0.3, -0.25) is 4.79 Å². The lowest BCUT2D eigenvalue weighted by atomic mass is 10.2. The Morgan fingerprint density at radius 1 is 1.29 bits per heavy atom. The maximum Gasteiger partial charge on any atom is 0.233 e. The molecule has 3 rings (SSSR count). The number of carbonyl (C=O) groups is 1. The summed E-state index contributed by atoms with van der Waals surface area (Å²) in [5.74, 6) is 0.141. The van der Waals surface area contributed by atoms with Gasteiger partial charge < -0.3 is 9.88 Å². The maximum absolute atomic E-state index is 12.0. The third-order valence-corrected chi connectivity index (χ3v) is 5.07. The Kier molecular flexibility index (Phi) is 4.29. The molecule has 2 heterocycles. The molecule has 1 fully saturated rings. The highest BCUT2D eigenvalue weighted by Crippen LogP contribution is 2.30. The van der Waals surface area contributed by atoms with Gasteiger partial charge in [0.05, 0.1) is 17.1 Å². The quantitative estimate of drug-likeness (QED) is 0.948. The highest BCUT2D eigenvalue weighted by Gasteiger charge is 2.24. The summed E-state index contributed by atoms with van der Waals surface area (Å²) >= 11 is 1.57. The summed E-state index contributed by atoms with van der Waals surface area (Å²) in [6.45, 7) is 0.797. The van der Waals surface area contributed by atoms with Crippen molar-refractivity contribution >= 4 is 17.7 Å². The molecule has 1 aliphatic heterocycles. The average Bonchev–Trinajstić information content (AvgIpc) is 2.74. The first-order valence-electron chi connectivity index (χ1n) is 7.27. The van der Waals surface area contributed by atoms with Crippen LogP contribution in [-0.4, -0.2) is 27.3 Å². The molecule has 1 atom stereocenters. The van der Waals surface area contributed by atoms with Crippen LogP contribution in [0.4, 0.5) is 0 Å². The number of rotatable bonds is 3. The summed E-state index contributed by atoms with van der Waals surface area (Å²) in [4.78, 5) is 16.5. The molecule has 1 N–H and O–H groups in total. The van der Waals surface area contributed by atoms with Crippen LogP contribution in [0.1, 0.15) is 19.3 Å². The van der Waals surface area contributed by atoms with Gasteiger partial charge in [0.15, 0.2) is 5.16 Å². The molecule has 0 aliphatic carbocycles. The standard InChI is InChI=1S/C16H19N3OS/c1-19-13(12-7-3-2-4-8-12)11-18-16(19)21-14-9-5-6-10-17-15(14)20/h2-4,7-8,11,14H,5-6,9-10H2,1H3,(H,17,20)/t14-/m1/s1. The zero-order valence-electron chi connectivity index (χ0n) is 12.1. The lowest BCUT2D eigenvalue weighted by molar-refractivity contribution is -0.120. The molecule has 4 nitrogen and oxygen atoms in total. The van der Waals surface area contributed by atoms with E-state index in [-0.39, 0.29) is 11.2 Å². The molecule has 0 saturated carbocycles. The summed E-state index contributed by atoms with van der Waals surface area (Å²) in [6, 6.07) is 10.2. The molecule has 0 unspecified atom stereocenters. The summed E-state index contributed by atoms with van der Waals surface area (Å²) < 4.78 is 2.07. The van der Waals surface area contributed by atoms with E-state index in [9.17, 15) is 4.79 Å². The Bertz CT molecular complexity index is 624. The van der Waals surface area contributed by atoms with Crippen molar-refractivity contribution in [3.8, 4) is 11.3 Å². The predicted molar refractivity (Wildman–Crippen MR) is 85.1 cm³/mol. The molecule has 5 heteroatoms. The van der Waals surface area contributed by atoms with Crippen LogP contribution in [0.5, 0.6) is 0 Å². The number of amides is 1. The van der Waals surface area contributed by atoms with E-state index in [0.29, 0.717) is 0 Å². The van der Waals surface area contributed by atoms with Crippen molar-refractivity contribution in [3.05, 3.63) is 36.5 Å². The fraction of sp³-hybridized carbons (Fsp3) is 0.375. The Balaban J connectivity index is 1.81. The molecule has 1 amide bonds. The molecular formula is C16H19N3OS. The minimum atomic E-state index is -0.0303. The molecule has 0 bridgehead atoms. The average molecular weight is 301 g/mol. The lowest BCUT2D eigenvalue weighted by Gasteiger charge is -2.12. The molecule has 1 aromatic carbocycles. The van der Waals surface area contributed by atoms with Crippen LogP contribution in [0.2, 0.25) is 0 Å². The van der Waals surface area contributed by atoms with Crippen molar-refractivity contribution in [2.24, 2.45) is 7.05 Å². The molecule has 110 valence electrons. The zero-order valence-corrected chi connectivity index (χ0v) is 12.9. The first kappa shape index (κ1) is 14.2. The largest absolute Gasteiger partial charge is 0.355 e. The number of thioether (sulfide) groups is 1.